The van der Waals surface area contributed by atoms with Crippen molar-refractivity contribution >= 4 is 10.1 Å². The van der Waals surface area contributed by atoms with Gasteiger partial charge in [-0.1, -0.05) is 30.3 Å². The molecule has 0 spiro atoms. The van der Waals surface area contributed by atoms with E-state index in [4.69, 9.17) is 42.4 Å². The van der Waals surface area contributed by atoms with Crippen LogP contribution in [-0.4, -0.2) is 124 Å². The highest BCUT2D eigenvalue weighted by atomic mass is 32.2. The number of rotatable bonds is 28. The fraction of sp³-hybridized carbons (Fsp3) is 0.769. The van der Waals surface area contributed by atoms with Gasteiger partial charge in [0.2, 0.25) is 0 Å². The fourth-order valence-electron chi connectivity index (χ4n) is 2.87. The SMILES string of the molecule is CC(CCOCCOCCOCCOCCOCCOCCOCCOCCc1ccccc1)S(=O)(=O)O. The Hall–Kier alpha value is -1.19. The molecule has 0 saturated carbocycles. The number of hydrogen-bond acceptors (Lipinski definition) is 10. The highest BCUT2D eigenvalue weighted by Gasteiger charge is 2.16. The zero-order valence-electron chi connectivity index (χ0n) is 22.6. The first-order chi connectivity index (χ1) is 18.5. The van der Waals surface area contributed by atoms with Gasteiger partial charge >= 0.3 is 0 Å². The molecule has 1 aromatic rings. The van der Waals surface area contributed by atoms with Gasteiger partial charge in [0.15, 0.2) is 0 Å². The van der Waals surface area contributed by atoms with Gasteiger partial charge in [0.05, 0.1) is 104 Å². The molecule has 0 bridgehead atoms. The lowest BCUT2D eigenvalue weighted by Crippen LogP contribution is -2.19. The van der Waals surface area contributed by atoms with E-state index in [9.17, 15) is 8.42 Å². The Bertz CT molecular complexity index is 734. The zero-order valence-corrected chi connectivity index (χ0v) is 23.4. The summed E-state index contributed by atoms with van der Waals surface area (Å²) in [7, 11) is -3.99. The Balaban J connectivity index is 1.66. The van der Waals surface area contributed by atoms with Crippen LogP contribution in [0.15, 0.2) is 30.3 Å². The predicted octanol–water partition coefficient (Wildman–Crippen LogP) is 2.03. The minimum Gasteiger partial charge on any atom is -0.379 e. The molecular formula is C26H46O11S. The lowest BCUT2D eigenvalue weighted by molar-refractivity contribution is -0.0230. The van der Waals surface area contributed by atoms with Gasteiger partial charge in [0, 0.05) is 6.61 Å². The molecule has 0 aliphatic carbocycles. The van der Waals surface area contributed by atoms with Crippen molar-refractivity contribution in [2.45, 2.75) is 25.0 Å². The van der Waals surface area contributed by atoms with Crippen LogP contribution in [0.3, 0.4) is 0 Å². The van der Waals surface area contributed by atoms with Crippen LogP contribution in [0.25, 0.3) is 0 Å². The van der Waals surface area contributed by atoms with Crippen molar-refractivity contribution in [3.8, 4) is 0 Å². The van der Waals surface area contributed by atoms with Gasteiger partial charge in [-0.15, -0.1) is 0 Å². The third-order valence-corrected chi connectivity index (χ3v) is 6.41. The molecule has 0 aromatic heterocycles. The molecule has 0 amide bonds. The summed E-state index contributed by atoms with van der Waals surface area (Å²) in [5, 5.41) is -0.831. The van der Waals surface area contributed by atoms with Crippen molar-refractivity contribution in [3.05, 3.63) is 35.9 Å². The number of hydrogen-bond donors (Lipinski definition) is 1. The summed E-state index contributed by atoms with van der Waals surface area (Å²) in [4.78, 5) is 0. The second kappa shape index (κ2) is 24.8. The van der Waals surface area contributed by atoms with Crippen molar-refractivity contribution in [2.24, 2.45) is 0 Å². The summed E-state index contributed by atoms with van der Waals surface area (Å²) < 4.78 is 74.0. The summed E-state index contributed by atoms with van der Waals surface area (Å²) >= 11 is 0. The first-order valence-corrected chi connectivity index (χ1v) is 14.6. The Kier molecular flexibility index (Phi) is 22.8. The normalized spacial score (nSPS) is 12.7. The number of ether oxygens (including phenoxy) is 8. The molecule has 0 radical (unpaired) electrons. The highest BCUT2D eigenvalue weighted by molar-refractivity contribution is 7.86. The Morgan fingerprint density at radius 1 is 0.553 bits per heavy atom. The molecule has 1 unspecified atom stereocenters. The molecule has 222 valence electrons. The molecule has 0 aliphatic heterocycles. The summed E-state index contributed by atoms with van der Waals surface area (Å²) in [5.41, 5.74) is 1.27. The van der Waals surface area contributed by atoms with E-state index in [2.05, 4.69) is 12.1 Å². The zero-order chi connectivity index (χ0) is 27.6. The van der Waals surface area contributed by atoms with E-state index in [0.29, 0.717) is 99.1 Å². The highest BCUT2D eigenvalue weighted by Crippen LogP contribution is 2.03. The van der Waals surface area contributed by atoms with E-state index in [1.54, 1.807) is 0 Å². The Morgan fingerprint density at radius 2 is 0.868 bits per heavy atom. The molecule has 1 aromatic carbocycles. The van der Waals surface area contributed by atoms with E-state index in [0.717, 1.165) is 6.42 Å². The maximum Gasteiger partial charge on any atom is 0.267 e. The topological polar surface area (TPSA) is 128 Å². The van der Waals surface area contributed by atoms with Crippen LogP contribution in [-0.2, 0) is 54.4 Å². The van der Waals surface area contributed by atoms with Gasteiger partial charge in [-0.3, -0.25) is 4.55 Å². The van der Waals surface area contributed by atoms with Gasteiger partial charge in [0.1, 0.15) is 0 Å². The first kappa shape index (κ1) is 34.8. The van der Waals surface area contributed by atoms with Crippen molar-refractivity contribution in [3.63, 3.8) is 0 Å². The lowest BCUT2D eigenvalue weighted by Gasteiger charge is -2.09. The Morgan fingerprint density at radius 3 is 1.21 bits per heavy atom. The molecular weight excluding hydrogens is 520 g/mol. The average Bonchev–Trinajstić information content (AvgIpc) is 2.90. The van der Waals surface area contributed by atoms with E-state index in [1.165, 1.54) is 12.5 Å². The van der Waals surface area contributed by atoms with E-state index >= 15 is 0 Å². The van der Waals surface area contributed by atoms with Gasteiger partial charge in [-0.2, -0.15) is 8.42 Å². The summed E-state index contributed by atoms with van der Waals surface area (Å²) in [6.07, 6.45) is 1.15. The lowest BCUT2D eigenvalue weighted by atomic mass is 10.2. The standard InChI is InChI=1S/C26H46O11S/c1-25(38(27,28)29)7-9-30-11-13-32-15-17-34-19-21-36-23-24-37-22-20-35-18-16-33-14-12-31-10-8-26-5-3-2-4-6-26/h2-6,25H,7-24H2,1H3,(H,27,28,29). The maximum absolute atomic E-state index is 10.9. The third-order valence-electron chi connectivity index (χ3n) is 5.16. The Labute approximate surface area is 227 Å². The van der Waals surface area contributed by atoms with Crippen LogP contribution in [0.2, 0.25) is 0 Å². The molecule has 38 heavy (non-hydrogen) atoms. The van der Waals surface area contributed by atoms with E-state index in [-0.39, 0.29) is 13.0 Å². The van der Waals surface area contributed by atoms with Crippen LogP contribution in [0.1, 0.15) is 18.9 Å². The van der Waals surface area contributed by atoms with Gasteiger partial charge in [-0.05, 0) is 25.3 Å². The van der Waals surface area contributed by atoms with Crippen LogP contribution in [0.4, 0.5) is 0 Å². The largest absolute Gasteiger partial charge is 0.379 e. The molecule has 1 N–H and O–H groups in total. The molecule has 0 aliphatic rings. The second-order valence-corrected chi connectivity index (χ2v) is 10.1. The van der Waals surface area contributed by atoms with E-state index < -0.39 is 15.4 Å². The van der Waals surface area contributed by atoms with Crippen molar-refractivity contribution in [2.75, 3.05) is 106 Å². The molecule has 1 atom stereocenters. The molecule has 0 saturated heterocycles. The average molecular weight is 567 g/mol. The van der Waals surface area contributed by atoms with Crippen LogP contribution in [0.5, 0.6) is 0 Å². The van der Waals surface area contributed by atoms with Crippen LogP contribution < -0.4 is 0 Å². The third kappa shape index (κ3) is 22.8. The first-order valence-electron chi connectivity index (χ1n) is 13.1. The van der Waals surface area contributed by atoms with Crippen molar-refractivity contribution in [1.82, 2.24) is 0 Å². The molecule has 0 fully saturated rings. The van der Waals surface area contributed by atoms with Crippen LogP contribution >= 0.6 is 0 Å². The molecule has 1 rings (SSSR count). The smallest absolute Gasteiger partial charge is 0.267 e. The minimum atomic E-state index is -3.99. The molecule has 0 heterocycles. The van der Waals surface area contributed by atoms with Gasteiger partial charge in [-0.25, -0.2) is 0 Å². The maximum atomic E-state index is 10.9. The van der Waals surface area contributed by atoms with Gasteiger partial charge < -0.3 is 37.9 Å². The van der Waals surface area contributed by atoms with Gasteiger partial charge in [0.25, 0.3) is 10.1 Å². The summed E-state index contributed by atoms with van der Waals surface area (Å²) in [5.74, 6) is 0. The minimum absolute atomic E-state index is 0.240. The van der Waals surface area contributed by atoms with Crippen LogP contribution in [0, 0.1) is 0 Å². The monoisotopic (exact) mass is 566 g/mol. The fourth-order valence-corrected chi connectivity index (χ4v) is 3.27. The summed E-state index contributed by atoms with van der Waals surface area (Å²) in [6, 6.07) is 10.3. The second-order valence-electron chi connectivity index (χ2n) is 8.25. The molecule has 11 nitrogen and oxygen atoms in total. The molecule has 12 heteroatoms. The predicted molar refractivity (Wildman–Crippen MR) is 142 cm³/mol. The number of benzene rings is 1. The quantitative estimate of drug-likeness (QED) is 0.118. The summed E-state index contributed by atoms with van der Waals surface area (Å²) in [6.45, 7) is 9.11. The van der Waals surface area contributed by atoms with E-state index in [1.807, 2.05) is 18.2 Å². The van der Waals surface area contributed by atoms with Crippen molar-refractivity contribution in [1.29, 1.82) is 0 Å². The van der Waals surface area contributed by atoms with Crippen molar-refractivity contribution < 1.29 is 50.9 Å².